The molecule has 1 aliphatic heterocycles. The molecule has 1 heterocycles. The average Bonchev–Trinajstić information content (AvgIpc) is 2.63. The van der Waals surface area contributed by atoms with Crippen molar-refractivity contribution in [3.63, 3.8) is 0 Å². The molecule has 7 nitrogen and oxygen atoms in total. The van der Waals surface area contributed by atoms with E-state index in [4.69, 9.17) is 10.5 Å². The highest BCUT2D eigenvalue weighted by Gasteiger charge is 2.36. The molecule has 4 N–H and O–H groups in total. The molecule has 3 rings (SSSR count). The normalized spacial score (nSPS) is 16.7. The number of anilines is 2. The van der Waals surface area contributed by atoms with Crippen LogP contribution in [0.1, 0.15) is 12.8 Å². The van der Waals surface area contributed by atoms with Crippen LogP contribution in [0.2, 0.25) is 0 Å². The summed E-state index contributed by atoms with van der Waals surface area (Å²) in [6.07, 6.45) is 0.846. The topological polar surface area (TPSA) is 111 Å². The summed E-state index contributed by atoms with van der Waals surface area (Å²) in [5.41, 5.74) is 5.99. The summed E-state index contributed by atoms with van der Waals surface area (Å²) < 4.78 is 32.8. The average molecular weight is 375 g/mol. The fraction of sp³-hybridized carbons (Fsp3) is 0.278. The summed E-state index contributed by atoms with van der Waals surface area (Å²) in [6.45, 7) is 0.860. The molecule has 0 aliphatic carbocycles. The van der Waals surface area contributed by atoms with E-state index in [9.17, 15) is 13.2 Å². The van der Waals surface area contributed by atoms with E-state index in [1.165, 1.54) is 12.1 Å². The van der Waals surface area contributed by atoms with Gasteiger partial charge < -0.3 is 15.8 Å². The van der Waals surface area contributed by atoms with Crippen molar-refractivity contribution in [2.24, 2.45) is 5.73 Å². The van der Waals surface area contributed by atoms with Gasteiger partial charge in [0.15, 0.2) is 0 Å². The largest absolute Gasteiger partial charge is 0.381 e. The van der Waals surface area contributed by atoms with E-state index in [2.05, 4.69) is 10.0 Å². The highest BCUT2D eigenvalue weighted by molar-refractivity contribution is 7.92. The van der Waals surface area contributed by atoms with Gasteiger partial charge in [0.25, 0.3) is 10.0 Å². The van der Waals surface area contributed by atoms with Crippen LogP contribution in [0, 0.1) is 0 Å². The maximum absolute atomic E-state index is 12.5. The molecule has 2 aromatic carbocycles. The van der Waals surface area contributed by atoms with Gasteiger partial charge in [0.05, 0.1) is 4.90 Å². The predicted octanol–water partition coefficient (Wildman–Crippen LogP) is 1.93. The SMILES string of the molecule is NC1(C(=O)Nc2cccc(S(=O)(=O)Nc3ccccc3)c2)CCOCC1. The van der Waals surface area contributed by atoms with Gasteiger partial charge in [0.2, 0.25) is 5.91 Å². The molecular weight excluding hydrogens is 354 g/mol. The van der Waals surface area contributed by atoms with Gasteiger partial charge in [-0.25, -0.2) is 8.42 Å². The Kier molecular flexibility index (Phi) is 5.26. The zero-order chi connectivity index (χ0) is 18.6. The Labute approximate surface area is 152 Å². The first-order valence-corrected chi connectivity index (χ1v) is 9.73. The van der Waals surface area contributed by atoms with Crippen LogP contribution >= 0.6 is 0 Å². The molecule has 8 heteroatoms. The van der Waals surface area contributed by atoms with Gasteiger partial charge in [0.1, 0.15) is 5.54 Å². The zero-order valence-electron chi connectivity index (χ0n) is 14.1. The standard InChI is InChI=1S/C18H21N3O4S/c19-18(9-11-25-12-10-18)17(22)20-15-7-4-8-16(13-15)26(23,24)21-14-5-2-1-3-6-14/h1-8,13,21H,9-12,19H2,(H,20,22). The second-order valence-electron chi connectivity index (χ2n) is 6.22. The second kappa shape index (κ2) is 7.45. The van der Waals surface area contributed by atoms with Gasteiger partial charge in [-0.2, -0.15) is 0 Å². The molecule has 0 saturated carbocycles. The molecule has 26 heavy (non-hydrogen) atoms. The first kappa shape index (κ1) is 18.4. The van der Waals surface area contributed by atoms with E-state index in [0.29, 0.717) is 37.4 Å². The first-order chi connectivity index (χ1) is 12.4. The highest BCUT2D eigenvalue weighted by atomic mass is 32.2. The summed E-state index contributed by atoms with van der Waals surface area (Å²) in [4.78, 5) is 12.5. The van der Waals surface area contributed by atoms with Crippen LogP contribution in [-0.2, 0) is 19.6 Å². The van der Waals surface area contributed by atoms with Crippen molar-refractivity contribution in [1.29, 1.82) is 0 Å². The maximum Gasteiger partial charge on any atom is 0.261 e. The number of hydrogen-bond acceptors (Lipinski definition) is 5. The molecule has 0 unspecified atom stereocenters. The van der Waals surface area contributed by atoms with E-state index in [-0.39, 0.29) is 10.8 Å². The molecule has 0 atom stereocenters. The number of amides is 1. The zero-order valence-corrected chi connectivity index (χ0v) is 15.0. The van der Waals surface area contributed by atoms with Crippen LogP contribution in [0.5, 0.6) is 0 Å². The molecular formula is C18H21N3O4S. The van der Waals surface area contributed by atoms with Gasteiger partial charge in [-0.15, -0.1) is 0 Å². The Morgan fingerprint density at radius 2 is 1.65 bits per heavy atom. The van der Waals surface area contributed by atoms with Crippen molar-refractivity contribution in [1.82, 2.24) is 0 Å². The van der Waals surface area contributed by atoms with E-state index in [0.717, 1.165) is 0 Å². The highest BCUT2D eigenvalue weighted by Crippen LogP contribution is 2.22. The van der Waals surface area contributed by atoms with Crippen LogP contribution in [0.15, 0.2) is 59.5 Å². The van der Waals surface area contributed by atoms with E-state index in [1.807, 2.05) is 0 Å². The minimum absolute atomic E-state index is 0.0530. The Balaban J connectivity index is 1.76. The lowest BCUT2D eigenvalue weighted by atomic mass is 9.90. The first-order valence-electron chi connectivity index (χ1n) is 8.25. The number of para-hydroxylation sites is 1. The summed E-state index contributed by atoms with van der Waals surface area (Å²) in [6, 6.07) is 14.7. The number of ether oxygens (including phenoxy) is 1. The van der Waals surface area contributed by atoms with Crippen LogP contribution in [0.25, 0.3) is 0 Å². The number of nitrogens with two attached hydrogens (primary N) is 1. The van der Waals surface area contributed by atoms with Gasteiger partial charge >= 0.3 is 0 Å². The number of carbonyl (C=O) groups excluding carboxylic acids is 1. The van der Waals surface area contributed by atoms with Crippen molar-refractivity contribution in [2.75, 3.05) is 23.3 Å². The van der Waals surface area contributed by atoms with Gasteiger partial charge in [-0.1, -0.05) is 24.3 Å². The fourth-order valence-corrected chi connectivity index (χ4v) is 3.78. The monoisotopic (exact) mass is 375 g/mol. The maximum atomic E-state index is 12.5. The van der Waals surface area contributed by atoms with E-state index in [1.54, 1.807) is 42.5 Å². The Bertz CT molecular complexity index is 878. The van der Waals surface area contributed by atoms with Gasteiger partial charge in [-0.05, 0) is 43.2 Å². The molecule has 0 spiro atoms. The number of hydrogen-bond donors (Lipinski definition) is 3. The lowest BCUT2D eigenvalue weighted by molar-refractivity contribution is -0.124. The summed E-state index contributed by atoms with van der Waals surface area (Å²) in [7, 11) is -3.76. The number of rotatable bonds is 5. The summed E-state index contributed by atoms with van der Waals surface area (Å²) >= 11 is 0. The quantitative estimate of drug-likeness (QED) is 0.740. The second-order valence-corrected chi connectivity index (χ2v) is 7.90. The number of carbonyl (C=O) groups is 1. The van der Waals surface area contributed by atoms with Crippen molar-refractivity contribution < 1.29 is 17.9 Å². The van der Waals surface area contributed by atoms with Crippen molar-refractivity contribution in [3.05, 3.63) is 54.6 Å². The molecule has 1 saturated heterocycles. The molecule has 0 bridgehead atoms. The van der Waals surface area contributed by atoms with Gasteiger partial charge in [0, 0.05) is 24.6 Å². The molecule has 0 radical (unpaired) electrons. The molecule has 1 fully saturated rings. The molecule has 1 aliphatic rings. The third-order valence-electron chi connectivity index (χ3n) is 4.27. The van der Waals surface area contributed by atoms with Gasteiger partial charge in [-0.3, -0.25) is 9.52 Å². The number of benzene rings is 2. The number of sulfonamides is 1. The van der Waals surface area contributed by atoms with Crippen molar-refractivity contribution in [3.8, 4) is 0 Å². The minimum atomic E-state index is -3.76. The van der Waals surface area contributed by atoms with Crippen molar-refractivity contribution in [2.45, 2.75) is 23.3 Å². The summed E-state index contributed by atoms with van der Waals surface area (Å²) in [5, 5.41) is 2.72. The minimum Gasteiger partial charge on any atom is -0.381 e. The Morgan fingerprint density at radius 1 is 1.00 bits per heavy atom. The molecule has 0 aromatic heterocycles. The Hall–Kier alpha value is -2.42. The lowest BCUT2D eigenvalue weighted by Crippen LogP contribution is -2.54. The summed E-state index contributed by atoms with van der Waals surface area (Å²) in [5.74, 6) is -0.341. The predicted molar refractivity (Wildman–Crippen MR) is 99.3 cm³/mol. The van der Waals surface area contributed by atoms with E-state index < -0.39 is 15.6 Å². The fourth-order valence-electron chi connectivity index (χ4n) is 2.68. The smallest absolute Gasteiger partial charge is 0.261 e. The third kappa shape index (κ3) is 4.21. The van der Waals surface area contributed by atoms with E-state index >= 15 is 0 Å². The molecule has 138 valence electrons. The third-order valence-corrected chi connectivity index (χ3v) is 5.64. The van der Waals surface area contributed by atoms with Crippen LogP contribution in [0.3, 0.4) is 0 Å². The molecule has 1 amide bonds. The number of nitrogens with one attached hydrogen (secondary N) is 2. The van der Waals surface area contributed by atoms with Crippen LogP contribution < -0.4 is 15.8 Å². The molecule has 2 aromatic rings. The van der Waals surface area contributed by atoms with Crippen molar-refractivity contribution >= 4 is 27.3 Å². The lowest BCUT2D eigenvalue weighted by Gasteiger charge is -2.31. The van der Waals surface area contributed by atoms with Crippen LogP contribution in [-0.4, -0.2) is 33.1 Å². The Morgan fingerprint density at radius 3 is 2.35 bits per heavy atom. The van der Waals surface area contributed by atoms with Crippen LogP contribution in [0.4, 0.5) is 11.4 Å².